The van der Waals surface area contributed by atoms with Crippen molar-refractivity contribution in [2.45, 2.75) is 6.54 Å². The van der Waals surface area contributed by atoms with Crippen LogP contribution in [0.2, 0.25) is 0 Å². The van der Waals surface area contributed by atoms with Crippen LogP contribution in [-0.4, -0.2) is 35.9 Å². The fourth-order valence-corrected chi connectivity index (χ4v) is 2.64. The molecule has 1 atom stereocenters. The number of benzene rings is 1. The topological polar surface area (TPSA) is 75.1 Å². The zero-order valence-corrected chi connectivity index (χ0v) is 12.7. The minimum absolute atomic E-state index is 0.0500. The predicted molar refractivity (Wildman–Crippen MR) is 85.2 cm³/mol. The van der Waals surface area contributed by atoms with Crippen molar-refractivity contribution in [3.63, 3.8) is 0 Å². The number of nitrogens with one attached hydrogen (secondary N) is 2. The Morgan fingerprint density at radius 3 is 3.04 bits per heavy atom. The number of amidine groups is 1. The molecule has 2 bridgehead atoms. The van der Waals surface area contributed by atoms with Crippen LogP contribution in [0.5, 0.6) is 5.75 Å². The minimum atomic E-state index is -1.35. The van der Waals surface area contributed by atoms with Crippen molar-refractivity contribution in [2.24, 2.45) is 10.1 Å². The van der Waals surface area contributed by atoms with Gasteiger partial charge in [0, 0.05) is 22.7 Å². The van der Waals surface area contributed by atoms with E-state index in [1.807, 2.05) is 24.3 Å². The molecule has 0 aliphatic carbocycles. The summed E-state index contributed by atoms with van der Waals surface area (Å²) in [6.45, 7) is 1.07. The zero-order valence-electron chi connectivity index (χ0n) is 12.7. The van der Waals surface area contributed by atoms with Gasteiger partial charge in [0.25, 0.3) is 5.91 Å². The number of hydrogen-bond acceptors (Lipinski definition) is 5. The Kier molecular flexibility index (Phi) is 3.39. The second kappa shape index (κ2) is 5.57. The van der Waals surface area contributed by atoms with E-state index in [4.69, 9.17) is 4.74 Å². The van der Waals surface area contributed by atoms with Gasteiger partial charge in [-0.15, -0.1) is 0 Å². The van der Waals surface area contributed by atoms with Gasteiger partial charge in [0.2, 0.25) is 0 Å². The van der Waals surface area contributed by atoms with Crippen molar-refractivity contribution in [3.8, 4) is 5.75 Å². The number of carbonyl (C=O) groups excluding carboxylic acids is 1. The van der Waals surface area contributed by atoms with Gasteiger partial charge in [-0.05, 0) is 11.2 Å². The van der Waals surface area contributed by atoms with E-state index >= 15 is 0 Å². The van der Waals surface area contributed by atoms with E-state index in [2.05, 4.69) is 20.7 Å². The third-order valence-corrected chi connectivity index (χ3v) is 3.87. The molecule has 1 unspecified atom stereocenters. The standard InChI is InChI=1S/C16H14FN5O2/c17-22-7-5-14-19-9-11-3-1-2-4-13(11)24-8-6-18-16(23)12(10-20-22)15(22)21-14/h1-5,7,10H,6,8-9H2,(H-,18,19,20,21,23)/p+1. The highest BCUT2D eigenvalue weighted by Gasteiger charge is 2.45. The molecule has 122 valence electrons. The van der Waals surface area contributed by atoms with Gasteiger partial charge in [0.05, 0.1) is 11.4 Å². The van der Waals surface area contributed by atoms with Gasteiger partial charge < -0.3 is 15.4 Å². The lowest BCUT2D eigenvalue weighted by Gasteiger charge is -2.17. The van der Waals surface area contributed by atoms with Crippen LogP contribution in [0.3, 0.4) is 0 Å². The Bertz CT molecular complexity index is 830. The van der Waals surface area contributed by atoms with E-state index in [9.17, 15) is 9.28 Å². The predicted octanol–water partition coefficient (Wildman–Crippen LogP) is 1.12. The molecule has 0 fully saturated rings. The van der Waals surface area contributed by atoms with Crippen molar-refractivity contribution in [2.75, 3.05) is 13.2 Å². The number of halogens is 1. The highest BCUT2D eigenvalue weighted by molar-refractivity contribution is 6.13. The smallest absolute Gasteiger partial charge is 0.316 e. The molecule has 0 spiro atoms. The van der Waals surface area contributed by atoms with Gasteiger partial charge in [-0.2, -0.15) is 4.99 Å². The van der Waals surface area contributed by atoms with Gasteiger partial charge in [-0.25, -0.2) is 0 Å². The number of fused-ring (bicyclic) bond motifs is 1. The first-order chi connectivity index (χ1) is 11.7. The molecule has 7 nitrogen and oxygen atoms in total. The Morgan fingerprint density at radius 2 is 2.12 bits per heavy atom. The minimum Gasteiger partial charge on any atom is -0.491 e. The maximum atomic E-state index is 14.7. The van der Waals surface area contributed by atoms with E-state index in [0.29, 0.717) is 25.5 Å². The normalized spacial score (nSPS) is 25.4. The van der Waals surface area contributed by atoms with Crippen molar-refractivity contribution >= 4 is 18.0 Å². The number of rotatable bonds is 0. The van der Waals surface area contributed by atoms with Crippen LogP contribution in [0.15, 0.2) is 58.0 Å². The van der Waals surface area contributed by atoms with Crippen molar-refractivity contribution in [1.29, 1.82) is 0 Å². The summed E-state index contributed by atoms with van der Waals surface area (Å²) < 4.78 is 20.4. The third kappa shape index (κ3) is 2.46. The molecule has 3 aliphatic heterocycles. The molecule has 24 heavy (non-hydrogen) atoms. The second-order valence-electron chi connectivity index (χ2n) is 5.46. The average Bonchev–Trinajstić information content (AvgIpc) is 2.94. The van der Waals surface area contributed by atoms with Gasteiger partial charge >= 0.3 is 5.82 Å². The van der Waals surface area contributed by atoms with E-state index in [0.717, 1.165) is 11.3 Å². The number of hydrogen-bond donors (Lipinski definition) is 2. The SMILES string of the molecule is O=C1NCCOc2ccccc2CNC2=NC3=C1C=N[N+]3(F)C=C2. The number of amides is 1. The van der Waals surface area contributed by atoms with Gasteiger partial charge in [-0.1, -0.05) is 18.2 Å². The average molecular weight is 328 g/mol. The quantitative estimate of drug-likeness (QED) is 0.701. The van der Waals surface area contributed by atoms with Crippen LogP contribution in [0.25, 0.3) is 0 Å². The molecule has 1 aromatic rings. The summed E-state index contributed by atoms with van der Waals surface area (Å²) in [5.41, 5.74) is 1.06. The van der Waals surface area contributed by atoms with E-state index in [1.54, 1.807) is 0 Å². The first-order valence-corrected chi connectivity index (χ1v) is 7.55. The molecule has 3 heterocycles. The van der Waals surface area contributed by atoms with Crippen LogP contribution in [0.4, 0.5) is 4.48 Å². The molecular weight excluding hydrogens is 313 g/mol. The molecule has 2 N–H and O–H groups in total. The largest absolute Gasteiger partial charge is 0.491 e. The number of ether oxygens (including phenoxy) is 1. The van der Waals surface area contributed by atoms with E-state index in [1.165, 1.54) is 18.5 Å². The van der Waals surface area contributed by atoms with Crippen LogP contribution < -0.4 is 15.4 Å². The van der Waals surface area contributed by atoms with Crippen LogP contribution in [-0.2, 0) is 11.3 Å². The molecule has 1 aromatic carbocycles. The molecular formula is C16H15FN5O2+. The van der Waals surface area contributed by atoms with Crippen molar-refractivity contribution in [1.82, 2.24) is 10.6 Å². The summed E-state index contributed by atoms with van der Waals surface area (Å²) in [6.07, 6.45) is 3.95. The Labute approximate surface area is 137 Å². The number of para-hydroxylation sites is 1. The molecule has 0 saturated heterocycles. The Hall–Kier alpha value is -3.00. The van der Waals surface area contributed by atoms with Gasteiger partial charge in [0.1, 0.15) is 24.4 Å². The maximum Gasteiger partial charge on any atom is 0.316 e. The van der Waals surface area contributed by atoms with Crippen LogP contribution in [0, 0.1) is 0 Å². The monoisotopic (exact) mass is 328 g/mol. The van der Waals surface area contributed by atoms with Crippen molar-refractivity contribution in [3.05, 3.63) is 53.5 Å². The first-order valence-electron chi connectivity index (χ1n) is 7.55. The third-order valence-electron chi connectivity index (χ3n) is 3.87. The van der Waals surface area contributed by atoms with Gasteiger partial charge in [-0.3, -0.25) is 4.79 Å². The Balaban J connectivity index is 1.71. The first kappa shape index (κ1) is 14.6. The van der Waals surface area contributed by atoms with Crippen LogP contribution in [0.1, 0.15) is 5.56 Å². The highest BCUT2D eigenvalue weighted by atomic mass is 19.2. The van der Waals surface area contributed by atoms with E-state index in [-0.39, 0.29) is 11.4 Å². The molecule has 1 amide bonds. The molecule has 0 saturated carbocycles. The van der Waals surface area contributed by atoms with E-state index < -0.39 is 10.7 Å². The zero-order chi connectivity index (χ0) is 16.6. The number of aliphatic imine (C=N–C) groups is 1. The fourth-order valence-electron chi connectivity index (χ4n) is 2.64. The molecule has 8 heteroatoms. The molecule has 0 radical (unpaired) electrons. The van der Waals surface area contributed by atoms with Gasteiger partial charge in [0.15, 0.2) is 11.8 Å². The van der Waals surface area contributed by atoms with Crippen LogP contribution >= 0.6 is 0 Å². The summed E-state index contributed by atoms with van der Waals surface area (Å²) in [6, 6.07) is 7.60. The number of carbonyl (C=O) groups is 1. The second-order valence-corrected chi connectivity index (χ2v) is 5.46. The summed E-state index contributed by atoms with van der Waals surface area (Å²) in [7, 11) is 0. The van der Waals surface area contributed by atoms with Crippen molar-refractivity contribution < 1.29 is 18.8 Å². The summed E-state index contributed by atoms with van der Waals surface area (Å²) in [4.78, 5) is 15.1. The summed E-state index contributed by atoms with van der Waals surface area (Å²) >= 11 is 0. The lowest BCUT2D eigenvalue weighted by Crippen LogP contribution is -2.33. The molecule has 0 aromatic heterocycles. The Morgan fingerprint density at radius 1 is 1.25 bits per heavy atom. The number of nitrogens with zero attached hydrogens (tertiary/aromatic N) is 3. The lowest BCUT2D eigenvalue weighted by atomic mass is 10.2. The maximum absolute atomic E-state index is 14.7. The number of quaternary nitrogens is 1. The lowest BCUT2D eigenvalue weighted by molar-refractivity contribution is -0.987. The molecule has 3 aliphatic rings. The highest BCUT2D eigenvalue weighted by Crippen LogP contribution is 2.32. The molecule has 4 rings (SSSR count). The summed E-state index contributed by atoms with van der Waals surface area (Å²) in [5.74, 6) is 0.713. The summed E-state index contributed by atoms with van der Waals surface area (Å²) in [5, 5.41) is 9.55. The fraction of sp³-hybridized carbons (Fsp3) is 0.188.